The largest absolute Gasteiger partial charge is 0.370 e. The van der Waals surface area contributed by atoms with Gasteiger partial charge >= 0.3 is 0 Å². The highest BCUT2D eigenvalue weighted by Gasteiger charge is 2.07. The minimum Gasteiger partial charge on any atom is -0.370 e. The molecular formula is C13H24N4O2. The Morgan fingerprint density at radius 2 is 2.26 bits per heavy atom. The summed E-state index contributed by atoms with van der Waals surface area (Å²) in [6.07, 6.45) is 4.20. The summed E-state index contributed by atoms with van der Waals surface area (Å²) in [5.74, 6) is -0.441. The third kappa shape index (κ3) is 5.85. The molecule has 0 unspecified atom stereocenters. The maximum Gasteiger partial charge on any atom is 0.243 e. The van der Waals surface area contributed by atoms with Crippen molar-refractivity contribution in [3.05, 3.63) is 18.0 Å². The number of carbonyl (C=O) groups excluding carboxylic acids is 1. The number of hydrogen-bond donors (Lipinski definition) is 2. The minimum atomic E-state index is -0.441. The van der Waals surface area contributed by atoms with Gasteiger partial charge in [-0.2, -0.15) is 5.10 Å². The molecule has 0 radical (unpaired) electrons. The van der Waals surface area contributed by atoms with Crippen molar-refractivity contribution < 1.29 is 9.53 Å². The maximum atomic E-state index is 10.4. The van der Waals surface area contributed by atoms with E-state index in [-0.39, 0.29) is 6.61 Å². The molecule has 0 spiro atoms. The monoisotopic (exact) mass is 268 g/mol. The molecule has 1 heterocycles. The molecule has 0 saturated heterocycles. The molecule has 0 atom stereocenters. The third-order valence-corrected chi connectivity index (χ3v) is 2.95. The number of rotatable bonds is 10. The predicted molar refractivity (Wildman–Crippen MR) is 73.6 cm³/mol. The first kappa shape index (κ1) is 15.7. The summed E-state index contributed by atoms with van der Waals surface area (Å²) in [6, 6.07) is 2.50. The second kappa shape index (κ2) is 8.66. The molecule has 6 nitrogen and oxygen atoms in total. The molecule has 1 aromatic heterocycles. The second-order valence-electron chi connectivity index (χ2n) is 4.45. The van der Waals surface area contributed by atoms with Gasteiger partial charge < -0.3 is 15.8 Å². The van der Waals surface area contributed by atoms with E-state index in [1.807, 2.05) is 16.9 Å². The van der Waals surface area contributed by atoms with Crippen LogP contribution in [0.25, 0.3) is 0 Å². The summed E-state index contributed by atoms with van der Waals surface area (Å²) in [6.45, 7) is 6.16. The molecular weight excluding hydrogens is 244 g/mol. The van der Waals surface area contributed by atoms with Gasteiger partial charge in [-0.05, 0) is 18.9 Å². The lowest BCUT2D eigenvalue weighted by atomic mass is 10.2. The van der Waals surface area contributed by atoms with Crippen LogP contribution in [0.1, 0.15) is 38.4 Å². The first-order chi connectivity index (χ1) is 9.17. The van der Waals surface area contributed by atoms with Crippen molar-refractivity contribution in [2.75, 3.05) is 19.8 Å². The van der Waals surface area contributed by atoms with Crippen LogP contribution in [-0.2, 0) is 16.1 Å². The molecule has 0 aliphatic carbocycles. The zero-order valence-electron chi connectivity index (χ0n) is 11.8. The van der Waals surface area contributed by atoms with E-state index in [0.29, 0.717) is 25.7 Å². The molecule has 0 fully saturated rings. The van der Waals surface area contributed by atoms with Gasteiger partial charge in [0.25, 0.3) is 0 Å². The SMILES string of the molecule is CCC(CC)n1ccc(CNCCOCC(N)=O)n1. The molecule has 1 amide bonds. The Bertz CT molecular complexity index is 374. The Morgan fingerprint density at radius 3 is 2.89 bits per heavy atom. The molecule has 19 heavy (non-hydrogen) atoms. The highest BCUT2D eigenvalue weighted by atomic mass is 16.5. The van der Waals surface area contributed by atoms with Gasteiger partial charge in [-0.15, -0.1) is 0 Å². The van der Waals surface area contributed by atoms with Crippen molar-refractivity contribution in [1.82, 2.24) is 15.1 Å². The van der Waals surface area contributed by atoms with Gasteiger partial charge in [-0.25, -0.2) is 0 Å². The lowest BCUT2D eigenvalue weighted by Gasteiger charge is -2.12. The number of nitrogens with zero attached hydrogens (tertiary/aromatic N) is 2. The standard InChI is InChI=1S/C13H24N4O2/c1-3-12(4-2)17-7-5-11(16-17)9-15-6-8-19-10-13(14)18/h5,7,12,15H,3-4,6,8-10H2,1-2H3,(H2,14,18). The van der Waals surface area contributed by atoms with Crippen molar-refractivity contribution in [1.29, 1.82) is 0 Å². The van der Waals surface area contributed by atoms with E-state index in [1.54, 1.807) is 0 Å². The zero-order chi connectivity index (χ0) is 14.1. The summed E-state index contributed by atoms with van der Waals surface area (Å²) in [7, 11) is 0. The van der Waals surface area contributed by atoms with Crippen LogP contribution in [0.3, 0.4) is 0 Å². The minimum absolute atomic E-state index is 0.0228. The number of nitrogens with one attached hydrogen (secondary N) is 1. The summed E-state index contributed by atoms with van der Waals surface area (Å²) in [4.78, 5) is 10.4. The van der Waals surface area contributed by atoms with Crippen LogP contribution in [0.15, 0.2) is 12.3 Å². The average Bonchev–Trinajstić information content (AvgIpc) is 2.83. The Labute approximate surface area is 114 Å². The topological polar surface area (TPSA) is 82.2 Å². The lowest BCUT2D eigenvalue weighted by Crippen LogP contribution is -2.24. The number of primary amides is 1. The van der Waals surface area contributed by atoms with Gasteiger partial charge in [0.1, 0.15) is 6.61 Å². The predicted octanol–water partition coefficient (Wildman–Crippen LogP) is 0.836. The summed E-state index contributed by atoms with van der Waals surface area (Å²) in [5.41, 5.74) is 5.97. The van der Waals surface area contributed by atoms with Gasteiger partial charge in [0.2, 0.25) is 5.91 Å². The van der Waals surface area contributed by atoms with Crippen LogP contribution in [0.2, 0.25) is 0 Å². The van der Waals surface area contributed by atoms with E-state index in [9.17, 15) is 4.79 Å². The smallest absolute Gasteiger partial charge is 0.243 e. The fraction of sp³-hybridized carbons (Fsp3) is 0.692. The number of ether oxygens (including phenoxy) is 1. The number of aromatic nitrogens is 2. The number of nitrogens with two attached hydrogens (primary N) is 1. The van der Waals surface area contributed by atoms with Crippen molar-refractivity contribution in [3.8, 4) is 0 Å². The Morgan fingerprint density at radius 1 is 1.53 bits per heavy atom. The first-order valence-corrected chi connectivity index (χ1v) is 6.78. The van der Waals surface area contributed by atoms with Gasteiger partial charge in [0.15, 0.2) is 0 Å². The third-order valence-electron chi connectivity index (χ3n) is 2.95. The van der Waals surface area contributed by atoms with E-state index in [4.69, 9.17) is 10.5 Å². The quantitative estimate of drug-likeness (QED) is 0.616. The zero-order valence-corrected chi connectivity index (χ0v) is 11.8. The van der Waals surface area contributed by atoms with Crippen LogP contribution in [0.4, 0.5) is 0 Å². The molecule has 1 rings (SSSR count). The van der Waals surface area contributed by atoms with E-state index < -0.39 is 5.91 Å². The van der Waals surface area contributed by atoms with Crippen LogP contribution >= 0.6 is 0 Å². The summed E-state index contributed by atoms with van der Waals surface area (Å²) < 4.78 is 7.08. The Kier molecular flexibility index (Phi) is 7.14. The van der Waals surface area contributed by atoms with Gasteiger partial charge in [0.05, 0.1) is 18.3 Å². The molecule has 6 heteroatoms. The fourth-order valence-corrected chi connectivity index (χ4v) is 1.87. The Hall–Kier alpha value is -1.40. The number of hydrogen-bond acceptors (Lipinski definition) is 4. The number of amides is 1. The molecule has 0 saturated carbocycles. The van der Waals surface area contributed by atoms with Gasteiger partial charge in [-0.3, -0.25) is 9.48 Å². The molecule has 0 aromatic carbocycles. The normalized spacial score (nSPS) is 11.1. The molecule has 1 aromatic rings. The summed E-state index contributed by atoms with van der Waals surface area (Å²) >= 11 is 0. The molecule has 108 valence electrons. The highest BCUT2D eigenvalue weighted by molar-refractivity contribution is 5.74. The van der Waals surface area contributed by atoms with E-state index in [1.165, 1.54) is 0 Å². The van der Waals surface area contributed by atoms with Crippen LogP contribution in [0, 0.1) is 0 Å². The molecule has 0 aliphatic heterocycles. The second-order valence-corrected chi connectivity index (χ2v) is 4.45. The van der Waals surface area contributed by atoms with Gasteiger partial charge in [0, 0.05) is 19.3 Å². The number of carbonyl (C=O) groups is 1. The molecule has 0 bridgehead atoms. The van der Waals surface area contributed by atoms with Crippen LogP contribution in [-0.4, -0.2) is 35.4 Å². The van der Waals surface area contributed by atoms with Crippen molar-refractivity contribution in [2.24, 2.45) is 5.73 Å². The lowest BCUT2D eigenvalue weighted by molar-refractivity contribution is -0.122. The first-order valence-electron chi connectivity index (χ1n) is 6.78. The fourth-order valence-electron chi connectivity index (χ4n) is 1.87. The van der Waals surface area contributed by atoms with Gasteiger partial charge in [-0.1, -0.05) is 13.8 Å². The van der Waals surface area contributed by atoms with E-state index in [2.05, 4.69) is 24.3 Å². The Balaban J connectivity index is 2.21. The van der Waals surface area contributed by atoms with Crippen LogP contribution in [0.5, 0.6) is 0 Å². The van der Waals surface area contributed by atoms with E-state index >= 15 is 0 Å². The summed E-state index contributed by atoms with van der Waals surface area (Å²) in [5, 5.41) is 7.75. The van der Waals surface area contributed by atoms with Crippen molar-refractivity contribution >= 4 is 5.91 Å². The highest BCUT2D eigenvalue weighted by Crippen LogP contribution is 2.14. The van der Waals surface area contributed by atoms with Crippen LogP contribution < -0.4 is 11.1 Å². The molecule has 0 aliphatic rings. The van der Waals surface area contributed by atoms with Crippen molar-refractivity contribution in [3.63, 3.8) is 0 Å². The van der Waals surface area contributed by atoms with E-state index in [0.717, 1.165) is 18.5 Å². The average molecular weight is 268 g/mol. The molecule has 3 N–H and O–H groups in total. The van der Waals surface area contributed by atoms with Crippen molar-refractivity contribution in [2.45, 2.75) is 39.3 Å². The maximum absolute atomic E-state index is 10.4.